The third-order valence-electron chi connectivity index (χ3n) is 3.28. The number of anilines is 1. The summed E-state index contributed by atoms with van der Waals surface area (Å²) in [5.74, 6) is -0.426. The van der Waals surface area contributed by atoms with Crippen LogP contribution in [0.5, 0.6) is 0 Å². The number of benzene rings is 1. The van der Waals surface area contributed by atoms with Crippen LogP contribution in [-0.4, -0.2) is 18.5 Å². The van der Waals surface area contributed by atoms with Gasteiger partial charge in [-0.25, -0.2) is 4.79 Å². The summed E-state index contributed by atoms with van der Waals surface area (Å²) in [5, 5.41) is 2.80. The molecule has 1 aromatic carbocycles. The highest BCUT2D eigenvalue weighted by Crippen LogP contribution is 2.20. The minimum atomic E-state index is -0.600. The Hall–Kier alpha value is -2.82. The number of esters is 1. The van der Waals surface area contributed by atoms with Crippen LogP contribution in [0, 0.1) is 6.92 Å². The van der Waals surface area contributed by atoms with Crippen molar-refractivity contribution in [2.75, 3.05) is 11.9 Å². The Morgan fingerprint density at radius 2 is 2.09 bits per heavy atom. The minimum Gasteiger partial charge on any atom is -0.465 e. The van der Waals surface area contributed by atoms with Gasteiger partial charge in [0.25, 0.3) is 5.91 Å². The van der Waals surface area contributed by atoms with Crippen molar-refractivity contribution in [1.29, 1.82) is 0 Å². The summed E-state index contributed by atoms with van der Waals surface area (Å²) in [7, 11) is 0. The molecule has 0 unspecified atom stereocenters. The first-order chi connectivity index (χ1) is 11.1. The molecule has 1 N–H and O–H groups in total. The van der Waals surface area contributed by atoms with Crippen molar-refractivity contribution in [2.24, 2.45) is 0 Å². The van der Waals surface area contributed by atoms with Crippen molar-refractivity contribution in [3.8, 4) is 0 Å². The van der Waals surface area contributed by atoms with Crippen LogP contribution in [0.25, 0.3) is 6.08 Å². The molecule has 0 atom stereocenters. The molecule has 0 spiro atoms. The summed E-state index contributed by atoms with van der Waals surface area (Å²) < 4.78 is 9.96. The second-order valence-electron chi connectivity index (χ2n) is 4.97. The minimum absolute atomic E-state index is 0.335. The topological polar surface area (TPSA) is 68.5 Å². The van der Waals surface area contributed by atoms with E-state index < -0.39 is 5.97 Å². The van der Waals surface area contributed by atoms with Gasteiger partial charge in [0.15, 0.2) is 6.61 Å². The van der Waals surface area contributed by atoms with Crippen molar-refractivity contribution in [1.82, 2.24) is 0 Å². The zero-order chi connectivity index (χ0) is 16.7. The van der Waals surface area contributed by atoms with Crippen LogP contribution < -0.4 is 5.32 Å². The second-order valence-corrected chi connectivity index (χ2v) is 4.97. The van der Waals surface area contributed by atoms with Gasteiger partial charge in [-0.05, 0) is 42.7 Å². The fourth-order valence-electron chi connectivity index (χ4n) is 2.10. The normalized spacial score (nSPS) is 10.7. The van der Waals surface area contributed by atoms with Gasteiger partial charge in [-0.1, -0.05) is 25.1 Å². The molecule has 0 aliphatic rings. The summed E-state index contributed by atoms with van der Waals surface area (Å²) in [6, 6.07) is 9.25. The van der Waals surface area contributed by atoms with Gasteiger partial charge in [0.1, 0.15) is 5.76 Å². The molecule has 5 nitrogen and oxygen atoms in total. The molecule has 1 amide bonds. The average molecular weight is 313 g/mol. The standard InChI is InChI=1S/C18H19NO4/c1-3-14-7-4-6-13(2)18(14)19-16(20)12-23-17(21)10-9-15-8-5-11-22-15/h4-11H,3,12H2,1-2H3,(H,19,20). The van der Waals surface area contributed by atoms with Gasteiger partial charge < -0.3 is 14.5 Å². The van der Waals surface area contributed by atoms with Crippen molar-refractivity contribution in [2.45, 2.75) is 20.3 Å². The largest absolute Gasteiger partial charge is 0.465 e. The van der Waals surface area contributed by atoms with Gasteiger partial charge in [-0.15, -0.1) is 0 Å². The van der Waals surface area contributed by atoms with Crippen LogP contribution in [0.1, 0.15) is 23.8 Å². The Morgan fingerprint density at radius 1 is 1.26 bits per heavy atom. The summed E-state index contributed by atoms with van der Waals surface area (Å²) in [4.78, 5) is 23.5. The van der Waals surface area contributed by atoms with Crippen molar-refractivity contribution < 1.29 is 18.7 Å². The first-order valence-corrected chi connectivity index (χ1v) is 7.37. The Balaban J connectivity index is 1.87. The van der Waals surface area contributed by atoms with Crippen LogP contribution in [0.15, 0.2) is 47.1 Å². The Morgan fingerprint density at radius 3 is 2.78 bits per heavy atom. The SMILES string of the molecule is CCc1cccc(C)c1NC(=O)COC(=O)C=Cc1ccco1. The number of amides is 1. The van der Waals surface area contributed by atoms with Crippen LogP contribution in [0.2, 0.25) is 0 Å². The summed E-state index contributed by atoms with van der Waals surface area (Å²) in [5.41, 5.74) is 2.80. The zero-order valence-electron chi connectivity index (χ0n) is 13.2. The highest BCUT2D eigenvalue weighted by atomic mass is 16.5. The highest BCUT2D eigenvalue weighted by molar-refractivity contribution is 5.95. The average Bonchev–Trinajstić information content (AvgIpc) is 3.06. The number of para-hydroxylation sites is 1. The molecular formula is C18H19NO4. The molecule has 0 aliphatic carbocycles. The van der Waals surface area contributed by atoms with Crippen molar-refractivity contribution in [3.05, 3.63) is 59.6 Å². The van der Waals surface area contributed by atoms with Crippen LogP contribution in [0.4, 0.5) is 5.69 Å². The van der Waals surface area contributed by atoms with Crippen LogP contribution in [0.3, 0.4) is 0 Å². The van der Waals surface area contributed by atoms with E-state index >= 15 is 0 Å². The molecular weight excluding hydrogens is 294 g/mol. The Labute approximate surface area is 134 Å². The fourth-order valence-corrected chi connectivity index (χ4v) is 2.10. The van der Waals surface area contributed by atoms with Gasteiger partial charge in [-0.2, -0.15) is 0 Å². The summed E-state index contributed by atoms with van der Waals surface area (Å²) >= 11 is 0. The van der Waals surface area contributed by atoms with E-state index in [4.69, 9.17) is 9.15 Å². The molecule has 0 saturated heterocycles. The predicted octanol–water partition coefficient (Wildman–Crippen LogP) is 3.35. The van der Waals surface area contributed by atoms with Gasteiger partial charge in [-0.3, -0.25) is 4.79 Å². The molecule has 5 heteroatoms. The highest BCUT2D eigenvalue weighted by Gasteiger charge is 2.10. The van der Waals surface area contributed by atoms with E-state index in [2.05, 4.69) is 5.32 Å². The lowest BCUT2D eigenvalue weighted by Gasteiger charge is -2.12. The molecule has 0 aliphatic heterocycles. The number of aryl methyl sites for hydroxylation is 2. The molecule has 2 aromatic rings. The summed E-state index contributed by atoms with van der Waals surface area (Å²) in [6.07, 6.45) is 5.02. The van der Waals surface area contributed by atoms with E-state index in [1.54, 1.807) is 12.1 Å². The molecule has 2 rings (SSSR count). The lowest BCUT2D eigenvalue weighted by atomic mass is 10.1. The quantitative estimate of drug-likeness (QED) is 0.656. The predicted molar refractivity (Wildman–Crippen MR) is 87.9 cm³/mol. The number of ether oxygens (including phenoxy) is 1. The van der Waals surface area contributed by atoms with Gasteiger partial charge in [0, 0.05) is 11.8 Å². The maximum Gasteiger partial charge on any atom is 0.331 e. The van der Waals surface area contributed by atoms with Gasteiger partial charge >= 0.3 is 5.97 Å². The second kappa shape index (κ2) is 7.98. The lowest BCUT2D eigenvalue weighted by Crippen LogP contribution is -2.21. The van der Waals surface area contributed by atoms with E-state index in [9.17, 15) is 9.59 Å². The third-order valence-corrected chi connectivity index (χ3v) is 3.28. The maximum absolute atomic E-state index is 11.9. The van der Waals surface area contributed by atoms with E-state index in [1.165, 1.54) is 18.4 Å². The van der Waals surface area contributed by atoms with E-state index in [1.807, 2.05) is 32.0 Å². The van der Waals surface area contributed by atoms with Crippen LogP contribution in [-0.2, 0) is 20.7 Å². The number of hydrogen-bond donors (Lipinski definition) is 1. The first kappa shape index (κ1) is 16.5. The van der Waals surface area contributed by atoms with Gasteiger partial charge in [0.05, 0.1) is 6.26 Å². The van der Waals surface area contributed by atoms with Crippen molar-refractivity contribution >= 4 is 23.6 Å². The zero-order valence-corrected chi connectivity index (χ0v) is 13.2. The van der Waals surface area contributed by atoms with E-state index in [-0.39, 0.29) is 12.5 Å². The number of furan rings is 1. The van der Waals surface area contributed by atoms with E-state index in [0.717, 1.165) is 23.2 Å². The van der Waals surface area contributed by atoms with Crippen LogP contribution >= 0.6 is 0 Å². The number of rotatable bonds is 6. The van der Waals surface area contributed by atoms with Crippen molar-refractivity contribution in [3.63, 3.8) is 0 Å². The molecule has 23 heavy (non-hydrogen) atoms. The van der Waals surface area contributed by atoms with Gasteiger partial charge in [0.2, 0.25) is 0 Å². The first-order valence-electron chi connectivity index (χ1n) is 7.37. The third kappa shape index (κ3) is 4.85. The maximum atomic E-state index is 11.9. The molecule has 1 aromatic heterocycles. The molecule has 0 radical (unpaired) electrons. The summed E-state index contributed by atoms with van der Waals surface area (Å²) in [6.45, 7) is 3.61. The molecule has 120 valence electrons. The smallest absolute Gasteiger partial charge is 0.331 e. The number of nitrogens with one attached hydrogen (secondary N) is 1. The Bertz CT molecular complexity index is 702. The molecule has 0 fully saturated rings. The lowest BCUT2D eigenvalue weighted by molar-refractivity contribution is -0.142. The number of hydrogen-bond acceptors (Lipinski definition) is 4. The Kier molecular flexibility index (Phi) is 5.74. The monoisotopic (exact) mass is 313 g/mol. The molecule has 0 bridgehead atoms. The molecule has 0 saturated carbocycles. The fraction of sp³-hybridized carbons (Fsp3) is 0.222. The van der Waals surface area contributed by atoms with E-state index in [0.29, 0.717) is 5.76 Å². The number of carbonyl (C=O) groups excluding carboxylic acids is 2. The number of carbonyl (C=O) groups is 2. The molecule has 1 heterocycles.